The Balaban J connectivity index is 1.74. The molecule has 1 amide bonds. The van der Waals surface area contributed by atoms with Crippen LogP contribution in [0.15, 0.2) is 68.7 Å². The molecule has 2 aromatic rings. The van der Waals surface area contributed by atoms with Gasteiger partial charge >= 0.3 is 0 Å². The second-order valence-corrected chi connectivity index (χ2v) is 6.33. The van der Waals surface area contributed by atoms with Crippen LogP contribution in [0.2, 0.25) is 0 Å². The second-order valence-electron chi connectivity index (χ2n) is 4.56. The number of carbonyl (C=O) groups excluding carboxylic acids is 1. The van der Waals surface area contributed by atoms with Crippen LogP contribution in [0, 0.1) is 0 Å². The van der Waals surface area contributed by atoms with Crippen LogP contribution in [0.4, 0.5) is 5.69 Å². The SMILES string of the molecule is O=C(CNc1ccc(Br)cc1Br)NN=CC=Cc1ccccc1. The van der Waals surface area contributed by atoms with Crippen molar-refractivity contribution in [3.8, 4) is 0 Å². The number of rotatable bonds is 6. The lowest BCUT2D eigenvalue weighted by molar-refractivity contribution is -0.119. The molecule has 0 bridgehead atoms. The number of halogens is 2. The lowest BCUT2D eigenvalue weighted by atomic mass is 10.2. The van der Waals surface area contributed by atoms with Gasteiger partial charge in [0.2, 0.25) is 0 Å². The average molecular weight is 437 g/mol. The molecule has 0 aliphatic carbocycles. The van der Waals surface area contributed by atoms with E-state index in [4.69, 9.17) is 0 Å². The third-order valence-corrected chi connectivity index (χ3v) is 3.96. The van der Waals surface area contributed by atoms with Crippen molar-refractivity contribution < 1.29 is 4.79 Å². The highest BCUT2D eigenvalue weighted by Gasteiger charge is 2.03. The van der Waals surface area contributed by atoms with E-state index in [9.17, 15) is 4.79 Å². The van der Waals surface area contributed by atoms with Crippen molar-refractivity contribution in [1.29, 1.82) is 0 Å². The van der Waals surface area contributed by atoms with E-state index in [1.54, 1.807) is 12.3 Å². The summed E-state index contributed by atoms with van der Waals surface area (Å²) in [5, 5.41) is 6.90. The predicted octanol–water partition coefficient (Wildman–Crippen LogP) is 4.44. The summed E-state index contributed by atoms with van der Waals surface area (Å²) in [7, 11) is 0. The Labute approximate surface area is 151 Å². The summed E-state index contributed by atoms with van der Waals surface area (Å²) in [5.41, 5.74) is 4.38. The molecule has 2 N–H and O–H groups in total. The summed E-state index contributed by atoms with van der Waals surface area (Å²) >= 11 is 6.81. The number of benzene rings is 2. The first kappa shape index (κ1) is 17.4. The van der Waals surface area contributed by atoms with Gasteiger partial charge in [-0.25, -0.2) is 5.43 Å². The van der Waals surface area contributed by atoms with Gasteiger partial charge in [0.15, 0.2) is 0 Å². The van der Waals surface area contributed by atoms with Gasteiger partial charge in [-0.1, -0.05) is 52.3 Å². The minimum absolute atomic E-state index is 0.139. The summed E-state index contributed by atoms with van der Waals surface area (Å²) in [6.07, 6.45) is 5.22. The molecule has 0 heterocycles. The fourth-order valence-electron chi connectivity index (χ4n) is 1.72. The van der Waals surface area contributed by atoms with Crippen LogP contribution in [-0.4, -0.2) is 18.7 Å². The Morgan fingerprint density at radius 3 is 2.65 bits per heavy atom. The molecule has 4 nitrogen and oxygen atoms in total. The monoisotopic (exact) mass is 435 g/mol. The third-order valence-electron chi connectivity index (χ3n) is 2.81. The van der Waals surface area contributed by atoms with E-state index >= 15 is 0 Å². The number of hydrogen-bond donors (Lipinski definition) is 2. The highest BCUT2D eigenvalue weighted by molar-refractivity contribution is 9.11. The molecule has 2 aromatic carbocycles. The number of nitrogens with zero attached hydrogens (tertiary/aromatic N) is 1. The number of hydrazone groups is 1. The molecule has 23 heavy (non-hydrogen) atoms. The Bertz CT molecular complexity index is 715. The highest BCUT2D eigenvalue weighted by atomic mass is 79.9. The molecule has 2 rings (SSSR count). The molecule has 0 saturated heterocycles. The van der Waals surface area contributed by atoms with E-state index in [1.807, 2.05) is 54.6 Å². The number of hydrogen-bond acceptors (Lipinski definition) is 3. The van der Waals surface area contributed by atoms with Crippen molar-refractivity contribution in [2.45, 2.75) is 0 Å². The zero-order chi connectivity index (χ0) is 16.5. The highest BCUT2D eigenvalue weighted by Crippen LogP contribution is 2.25. The van der Waals surface area contributed by atoms with Crippen LogP contribution >= 0.6 is 31.9 Å². The standard InChI is InChI=1S/C17H15Br2N3O/c18-14-8-9-16(15(19)11-14)20-12-17(23)22-21-10-4-7-13-5-2-1-3-6-13/h1-11,20H,12H2,(H,22,23). The van der Waals surface area contributed by atoms with Gasteiger partial charge < -0.3 is 5.32 Å². The molecule has 0 unspecified atom stereocenters. The van der Waals surface area contributed by atoms with Crippen molar-refractivity contribution in [3.05, 3.63) is 69.1 Å². The van der Waals surface area contributed by atoms with Crippen LogP contribution in [0.3, 0.4) is 0 Å². The maximum Gasteiger partial charge on any atom is 0.259 e. The molecule has 0 radical (unpaired) electrons. The van der Waals surface area contributed by atoms with Crippen LogP contribution < -0.4 is 10.7 Å². The van der Waals surface area contributed by atoms with E-state index in [2.05, 4.69) is 47.7 Å². The van der Waals surface area contributed by atoms with E-state index < -0.39 is 0 Å². The smallest absolute Gasteiger partial charge is 0.259 e. The second kappa shape index (κ2) is 9.27. The van der Waals surface area contributed by atoms with E-state index in [0.29, 0.717) is 0 Å². The van der Waals surface area contributed by atoms with Crippen LogP contribution in [0.5, 0.6) is 0 Å². The molecular weight excluding hydrogens is 422 g/mol. The minimum Gasteiger partial charge on any atom is -0.375 e. The number of amides is 1. The topological polar surface area (TPSA) is 53.5 Å². The fourth-order valence-corrected chi connectivity index (χ4v) is 2.91. The summed E-state index contributed by atoms with van der Waals surface area (Å²) in [6.45, 7) is 0.139. The van der Waals surface area contributed by atoms with Crippen molar-refractivity contribution >= 4 is 55.7 Å². The van der Waals surface area contributed by atoms with Crippen molar-refractivity contribution in [3.63, 3.8) is 0 Å². The molecule has 0 fully saturated rings. The summed E-state index contributed by atoms with van der Waals surface area (Å²) in [6, 6.07) is 15.6. The normalized spacial score (nSPS) is 11.0. The summed E-state index contributed by atoms with van der Waals surface area (Å²) in [4.78, 5) is 11.7. The van der Waals surface area contributed by atoms with Crippen LogP contribution in [-0.2, 0) is 4.79 Å². The molecule has 0 aromatic heterocycles. The lowest BCUT2D eigenvalue weighted by Crippen LogP contribution is -2.25. The quantitative estimate of drug-likeness (QED) is 0.519. The van der Waals surface area contributed by atoms with Crippen LogP contribution in [0.1, 0.15) is 5.56 Å². The average Bonchev–Trinajstić information content (AvgIpc) is 2.54. The molecule has 0 spiro atoms. The molecule has 0 atom stereocenters. The molecule has 6 heteroatoms. The zero-order valence-electron chi connectivity index (χ0n) is 12.2. The van der Waals surface area contributed by atoms with Gasteiger partial charge in [-0.2, -0.15) is 5.10 Å². The Kier molecular flexibility index (Phi) is 7.03. The van der Waals surface area contributed by atoms with Crippen LogP contribution in [0.25, 0.3) is 6.08 Å². The Morgan fingerprint density at radius 2 is 1.91 bits per heavy atom. The van der Waals surface area contributed by atoms with Crippen molar-refractivity contribution in [1.82, 2.24) is 5.43 Å². The molecule has 118 valence electrons. The predicted molar refractivity (Wildman–Crippen MR) is 102 cm³/mol. The maximum atomic E-state index is 11.7. The van der Waals surface area contributed by atoms with Gasteiger partial charge in [0, 0.05) is 20.8 Å². The summed E-state index contributed by atoms with van der Waals surface area (Å²) in [5.74, 6) is -0.218. The molecule has 0 aliphatic rings. The van der Waals surface area contributed by atoms with E-state index in [1.165, 1.54) is 0 Å². The first-order chi connectivity index (χ1) is 11.1. The molecule has 0 aliphatic heterocycles. The van der Waals surface area contributed by atoms with Crippen molar-refractivity contribution in [2.75, 3.05) is 11.9 Å². The maximum absolute atomic E-state index is 11.7. The summed E-state index contributed by atoms with van der Waals surface area (Å²) < 4.78 is 1.85. The largest absolute Gasteiger partial charge is 0.375 e. The lowest BCUT2D eigenvalue weighted by Gasteiger charge is -2.07. The van der Waals surface area contributed by atoms with Gasteiger partial charge in [-0.3, -0.25) is 4.79 Å². The number of nitrogens with one attached hydrogen (secondary N) is 2. The molecular formula is C17H15Br2N3O. The Hall–Kier alpha value is -1.92. The van der Waals surface area contributed by atoms with E-state index in [-0.39, 0.29) is 12.5 Å². The fraction of sp³-hybridized carbons (Fsp3) is 0.0588. The number of carbonyl (C=O) groups is 1. The first-order valence-electron chi connectivity index (χ1n) is 6.88. The van der Waals surface area contributed by atoms with Crippen molar-refractivity contribution in [2.24, 2.45) is 5.10 Å². The first-order valence-corrected chi connectivity index (χ1v) is 8.46. The van der Waals surface area contributed by atoms with Gasteiger partial charge in [-0.05, 0) is 45.8 Å². The van der Waals surface area contributed by atoms with Gasteiger partial charge in [0.1, 0.15) is 0 Å². The van der Waals surface area contributed by atoms with E-state index in [0.717, 1.165) is 20.2 Å². The van der Waals surface area contributed by atoms with Gasteiger partial charge in [-0.15, -0.1) is 0 Å². The minimum atomic E-state index is -0.218. The van der Waals surface area contributed by atoms with Gasteiger partial charge in [0.05, 0.1) is 6.54 Å². The third kappa shape index (κ3) is 6.38. The molecule has 0 saturated carbocycles. The zero-order valence-corrected chi connectivity index (χ0v) is 15.3. The van der Waals surface area contributed by atoms with Gasteiger partial charge in [0.25, 0.3) is 5.91 Å². The number of anilines is 1. The number of allylic oxidation sites excluding steroid dienone is 1. The Morgan fingerprint density at radius 1 is 1.13 bits per heavy atom.